The van der Waals surface area contributed by atoms with E-state index in [0.29, 0.717) is 11.6 Å². The molecule has 1 amide bonds. The Morgan fingerprint density at radius 2 is 2.18 bits per heavy atom. The molecule has 1 fully saturated rings. The lowest BCUT2D eigenvalue weighted by Crippen LogP contribution is -2.25. The summed E-state index contributed by atoms with van der Waals surface area (Å²) < 4.78 is 0.855. The van der Waals surface area contributed by atoms with Crippen LogP contribution in [0.4, 0.5) is 5.69 Å². The summed E-state index contributed by atoms with van der Waals surface area (Å²) in [7, 11) is 0. The molecule has 0 radical (unpaired) electrons. The summed E-state index contributed by atoms with van der Waals surface area (Å²) in [5.41, 5.74) is 6.64. The van der Waals surface area contributed by atoms with E-state index in [1.807, 2.05) is 12.1 Å². The first kappa shape index (κ1) is 12.4. The zero-order valence-corrected chi connectivity index (χ0v) is 11.1. The van der Waals surface area contributed by atoms with E-state index in [1.165, 1.54) is 12.8 Å². The first-order chi connectivity index (χ1) is 8.16. The Morgan fingerprint density at radius 3 is 2.82 bits per heavy atom. The Bertz CT molecular complexity index is 418. The van der Waals surface area contributed by atoms with Gasteiger partial charge in [-0.15, -0.1) is 0 Å². The maximum Gasteiger partial charge on any atom is 0.250 e. The number of hydrogen-bond donors (Lipinski definition) is 3. The third kappa shape index (κ3) is 3.71. The smallest absolute Gasteiger partial charge is 0.250 e. The number of nitrogens with one attached hydrogen (secondary N) is 2. The number of halogens is 1. The first-order valence-electron chi connectivity index (χ1n) is 5.73. The van der Waals surface area contributed by atoms with Gasteiger partial charge in [-0.25, -0.2) is 0 Å². The van der Waals surface area contributed by atoms with E-state index in [2.05, 4.69) is 26.6 Å². The van der Waals surface area contributed by atoms with Crippen molar-refractivity contribution in [1.29, 1.82) is 0 Å². The number of benzene rings is 1. The van der Waals surface area contributed by atoms with Gasteiger partial charge in [0.1, 0.15) is 0 Å². The van der Waals surface area contributed by atoms with Crippen molar-refractivity contribution in [2.24, 2.45) is 5.73 Å². The van der Waals surface area contributed by atoms with Gasteiger partial charge in [0.05, 0.1) is 5.56 Å². The van der Waals surface area contributed by atoms with Crippen LogP contribution in [0, 0.1) is 0 Å². The lowest BCUT2D eigenvalue weighted by molar-refractivity contribution is 0.100. The fraction of sp³-hybridized carbons (Fsp3) is 0.417. The normalized spacial score (nSPS) is 14.6. The predicted molar refractivity (Wildman–Crippen MR) is 72.2 cm³/mol. The second-order valence-electron chi connectivity index (χ2n) is 4.21. The molecule has 1 saturated carbocycles. The molecule has 5 heteroatoms. The molecule has 1 aliphatic carbocycles. The summed E-state index contributed by atoms with van der Waals surface area (Å²) >= 11 is 3.33. The van der Waals surface area contributed by atoms with E-state index >= 15 is 0 Å². The molecule has 4 nitrogen and oxygen atoms in total. The highest BCUT2D eigenvalue weighted by Gasteiger charge is 2.19. The van der Waals surface area contributed by atoms with E-state index in [9.17, 15) is 4.79 Å². The van der Waals surface area contributed by atoms with Crippen LogP contribution in [0.1, 0.15) is 23.2 Å². The van der Waals surface area contributed by atoms with Crippen molar-refractivity contribution in [3.8, 4) is 0 Å². The summed E-state index contributed by atoms with van der Waals surface area (Å²) in [5, 5.41) is 6.62. The molecule has 0 spiro atoms. The van der Waals surface area contributed by atoms with Crippen molar-refractivity contribution in [1.82, 2.24) is 5.32 Å². The molecule has 0 atom stereocenters. The largest absolute Gasteiger partial charge is 0.383 e. The van der Waals surface area contributed by atoms with Crippen molar-refractivity contribution in [2.45, 2.75) is 18.9 Å². The van der Waals surface area contributed by atoms with Crippen molar-refractivity contribution in [2.75, 3.05) is 18.4 Å². The Kier molecular flexibility index (Phi) is 4.02. The van der Waals surface area contributed by atoms with Crippen LogP contribution in [0.15, 0.2) is 22.7 Å². The van der Waals surface area contributed by atoms with E-state index in [0.717, 1.165) is 23.2 Å². The minimum absolute atomic E-state index is 0.413. The quantitative estimate of drug-likeness (QED) is 0.700. The third-order valence-electron chi connectivity index (χ3n) is 2.70. The van der Waals surface area contributed by atoms with Crippen LogP contribution in [-0.2, 0) is 0 Å². The lowest BCUT2D eigenvalue weighted by atomic mass is 10.1. The summed E-state index contributed by atoms with van der Waals surface area (Å²) in [6.45, 7) is 1.69. The van der Waals surface area contributed by atoms with Crippen LogP contribution in [0.25, 0.3) is 0 Å². The first-order valence-corrected chi connectivity index (χ1v) is 6.53. The number of amides is 1. The van der Waals surface area contributed by atoms with Gasteiger partial charge in [0.25, 0.3) is 5.91 Å². The molecule has 0 aliphatic heterocycles. The SMILES string of the molecule is NC(=O)c1cc(Br)ccc1NCCNC1CC1. The number of rotatable bonds is 6. The van der Waals surface area contributed by atoms with Crippen LogP contribution < -0.4 is 16.4 Å². The number of nitrogens with two attached hydrogens (primary N) is 1. The Balaban J connectivity index is 1.91. The molecule has 4 N–H and O–H groups in total. The van der Waals surface area contributed by atoms with Gasteiger partial charge in [0.2, 0.25) is 0 Å². The fourth-order valence-corrected chi connectivity index (χ4v) is 2.00. The monoisotopic (exact) mass is 297 g/mol. The van der Waals surface area contributed by atoms with Gasteiger partial charge in [-0.1, -0.05) is 15.9 Å². The Morgan fingerprint density at radius 1 is 1.41 bits per heavy atom. The standard InChI is InChI=1S/C12H16BrN3O/c13-8-1-4-11(10(7-8)12(14)17)16-6-5-15-9-2-3-9/h1,4,7,9,15-16H,2-3,5-6H2,(H2,14,17). The molecule has 0 saturated heterocycles. The Hall–Kier alpha value is -1.07. The molecule has 0 aromatic heterocycles. The maximum atomic E-state index is 11.3. The maximum absolute atomic E-state index is 11.3. The number of hydrogen-bond acceptors (Lipinski definition) is 3. The van der Waals surface area contributed by atoms with Gasteiger partial charge in [-0.2, -0.15) is 0 Å². The van der Waals surface area contributed by atoms with Gasteiger partial charge in [0.15, 0.2) is 0 Å². The number of carbonyl (C=O) groups is 1. The molecule has 1 aromatic carbocycles. The number of anilines is 1. The van der Waals surface area contributed by atoms with Gasteiger partial charge in [-0.3, -0.25) is 4.79 Å². The highest BCUT2D eigenvalue weighted by molar-refractivity contribution is 9.10. The topological polar surface area (TPSA) is 67.2 Å². The lowest BCUT2D eigenvalue weighted by Gasteiger charge is -2.10. The average Bonchev–Trinajstić information content (AvgIpc) is 3.09. The molecule has 0 heterocycles. The molecule has 0 unspecified atom stereocenters. The van der Waals surface area contributed by atoms with Crippen LogP contribution in [0.2, 0.25) is 0 Å². The molecule has 17 heavy (non-hydrogen) atoms. The Labute approximate surface area is 109 Å². The molecule has 0 bridgehead atoms. The molecule has 1 aromatic rings. The van der Waals surface area contributed by atoms with Crippen molar-refractivity contribution in [3.05, 3.63) is 28.2 Å². The van der Waals surface area contributed by atoms with Gasteiger partial charge >= 0.3 is 0 Å². The number of primary amides is 1. The third-order valence-corrected chi connectivity index (χ3v) is 3.19. The summed E-state index contributed by atoms with van der Waals surface area (Å²) in [6, 6.07) is 6.20. The molecular formula is C12H16BrN3O. The molecule has 2 rings (SSSR count). The van der Waals surface area contributed by atoms with Gasteiger partial charge < -0.3 is 16.4 Å². The van der Waals surface area contributed by atoms with Gasteiger partial charge in [0, 0.05) is 29.3 Å². The minimum atomic E-state index is -0.413. The number of carbonyl (C=O) groups excluding carboxylic acids is 1. The highest BCUT2D eigenvalue weighted by atomic mass is 79.9. The second kappa shape index (κ2) is 5.51. The summed E-state index contributed by atoms with van der Waals surface area (Å²) in [4.78, 5) is 11.3. The molecular weight excluding hydrogens is 282 g/mol. The minimum Gasteiger partial charge on any atom is -0.383 e. The van der Waals surface area contributed by atoms with Gasteiger partial charge in [-0.05, 0) is 31.0 Å². The van der Waals surface area contributed by atoms with E-state index in [4.69, 9.17) is 5.73 Å². The van der Waals surface area contributed by atoms with E-state index in [-0.39, 0.29) is 0 Å². The van der Waals surface area contributed by atoms with Crippen molar-refractivity contribution in [3.63, 3.8) is 0 Å². The van der Waals surface area contributed by atoms with Crippen molar-refractivity contribution >= 4 is 27.5 Å². The zero-order chi connectivity index (χ0) is 12.3. The van der Waals surface area contributed by atoms with Crippen LogP contribution in [-0.4, -0.2) is 25.0 Å². The molecule has 1 aliphatic rings. The average molecular weight is 298 g/mol. The molecule has 92 valence electrons. The zero-order valence-electron chi connectivity index (χ0n) is 9.50. The van der Waals surface area contributed by atoms with Crippen LogP contribution in [0.3, 0.4) is 0 Å². The fourth-order valence-electron chi connectivity index (χ4n) is 1.64. The summed E-state index contributed by atoms with van der Waals surface area (Å²) in [5.74, 6) is -0.413. The van der Waals surface area contributed by atoms with Crippen LogP contribution in [0.5, 0.6) is 0 Å². The summed E-state index contributed by atoms with van der Waals surface area (Å²) in [6.07, 6.45) is 2.57. The van der Waals surface area contributed by atoms with Crippen molar-refractivity contribution < 1.29 is 4.79 Å². The van der Waals surface area contributed by atoms with E-state index < -0.39 is 5.91 Å². The van der Waals surface area contributed by atoms with Crippen LogP contribution >= 0.6 is 15.9 Å². The highest BCUT2D eigenvalue weighted by Crippen LogP contribution is 2.21. The predicted octanol–water partition coefficient (Wildman–Crippen LogP) is 1.71. The van der Waals surface area contributed by atoms with E-state index in [1.54, 1.807) is 6.07 Å². The second-order valence-corrected chi connectivity index (χ2v) is 5.13.